The normalized spacial score (nSPS) is 11.9. The number of azo groups is 1. The highest BCUT2D eigenvalue weighted by molar-refractivity contribution is 5.43. The van der Waals surface area contributed by atoms with Crippen LogP contribution in [0.4, 0.5) is 11.4 Å². The number of aryl methyl sites for hydroxylation is 1. The van der Waals surface area contributed by atoms with Gasteiger partial charge in [-0.3, -0.25) is 0 Å². The minimum Gasteiger partial charge on any atom is -0.494 e. The van der Waals surface area contributed by atoms with Crippen LogP contribution in [-0.4, -0.2) is 38.8 Å². The maximum Gasteiger partial charge on any atom is 0.119 e. The van der Waals surface area contributed by atoms with Crippen molar-refractivity contribution in [1.82, 2.24) is 0 Å². The molecular formula is C25H38N3O+. The van der Waals surface area contributed by atoms with E-state index in [9.17, 15) is 0 Å². The Hall–Kier alpha value is -2.20. The summed E-state index contributed by atoms with van der Waals surface area (Å²) >= 11 is 0. The van der Waals surface area contributed by atoms with Gasteiger partial charge in [0.2, 0.25) is 0 Å². The van der Waals surface area contributed by atoms with Crippen molar-refractivity contribution in [2.75, 3.05) is 34.3 Å². The van der Waals surface area contributed by atoms with Crippen LogP contribution in [0.3, 0.4) is 0 Å². The van der Waals surface area contributed by atoms with Crippen molar-refractivity contribution in [3.05, 3.63) is 54.1 Å². The molecule has 0 saturated heterocycles. The van der Waals surface area contributed by atoms with Crippen LogP contribution < -0.4 is 4.74 Å². The second-order valence-electron chi connectivity index (χ2n) is 8.70. The van der Waals surface area contributed by atoms with Crippen molar-refractivity contribution >= 4 is 11.4 Å². The van der Waals surface area contributed by atoms with Crippen LogP contribution in [0.15, 0.2) is 58.8 Å². The van der Waals surface area contributed by atoms with Gasteiger partial charge in [0.05, 0.1) is 45.7 Å². The zero-order valence-electron chi connectivity index (χ0n) is 18.7. The first-order valence-electron chi connectivity index (χ1n) is 11.0. The predicted octanol–water partition coefficient (Wildman–Crippen LogP) is 7.09. The highest BCUT2D eigenvalue weighted by atomic mass is 16.5. The van der Waals surface area contributed by atoms with Crippen LogP contribution in [-0.2, 0) is 6.42 Å². The van der Waals surface area contributed by atoms with E-state index in [1.165, 1.54) is 44.2 Å². The highest BCUT2D eigenvalue weighted by Gasteiger charge is 2.05. The quantitative estimate of drug-likeness (QED) is 0.202. The fraction of sp³-hybridized carbons (Fsp3) is 0.520. The molecule has 0 aromatic heterocycles. The molecule has 0 fully saturated rings. The molecule has 29 heavy (non-hydrogen) atoms. The van der Waals surface area contributed by atoms with Gasteiger partial charge in [-0.05, 0) is 67.6 Å². The molecule has 0 heterocycles. The van der Waals surface area contributed by atoms with Gasteiger partial charge < -0.3 is 9.22 Å². The fourth-order valence-electron chi connectivity index (χ4n) is 3.11. The lowest BCUT2D eigenvalue weighted by Crippen LogP contribution is -2.35. The van der Waals surface area contributed by atoms with Gasteiger partial charge in [0.15, 0.2) is 0 Å². The second-order valence-corrected chi connectivity index (χ2v) is 8.70. The van der Waals surface area contributed by atoms with Gasteiger partial charge in [-0.2, -0.15) is 10.2 Å². The maximum absolute atomic E-state index is 5.85. The first-order chi connectivity index (χ1) is 14.0. The molecule has 0 bridgehead atoms. The molecule has 2 aromatic carbocycles. The Labute approximate surface area is 177 Å². The van der Waals surface area contributed by atoms with E-state index in [2.05, 4.69) is 50.4 Å². The predicted molar refractivity (Wildman–Crippen MR) is 123 cm³/mol. The summed E-state index contributed by atoms with van der Waals surface area (Å²) in [6.45, 7) is 4.20. The third-order valence-electron chi connectivity index (χ3n) is 4.95. The Bertz CT molecular complexity index is 715. The smallest absolute Gasteiger partial charge is 0.119 e. The second kappa shape index (κ2) is 12.4. The van der Waals surface area contributed by atoms with Crippen LogP contribution in [0, 0.1) is 0 Å². The summed E-state index contributed by atoms with van der Waals surface area (Å²) in [7, 11) is 6.79. The minimum absolute atomic E-state index is 0.781. The lowest BCUT2D eigenvalue weighted by atomic mass is 10.1. The summed E-state index contributed by atoms with van der Waals surface area (Å²) in [6.07, 6.45) is 8.70. The van der Waals surface area contributed by atoms with E-state index in [-0.39, 0.29) is 0 Å². The van der Waals surface area contributed by atoms with Crippen LogP contribution in [0.1, 0.15) is 51.0 Å². The maximum atomic E-state index is 5.85. The summed E-state index contributed by atoms with van der Waals surface area (Å²) in [4.78, 5) is 0. The first kappa shape index (κ1) is 23.1. The van der Waals surface area contributed by atoms with Crippen LogP contribution in [0.2, 0.25) is 0 Å². The van der Waals surface area contributed by atoms with Gasteiger partial charge in [0.25, 0.3) is 0 Å². The van der Waals surface area contributed by atoms with Crippen LogP contribution in [0.25, 0.3) is 0 Å². The molecule has 158 valence electrons. The van der Waals surface area contributed by atoms with E-state index in [4.69, 9.17) is 4.74 Å². The number of quaternary nitrogens is 1. The molecule has 4 heteroatoms. The van der Waals surface area contributed by atoms with Crippen molar-refractivity contribution in [2.45, 2.75) is 51.9 Å². The van der Waals surface area contributed by atoms with E-state index in [1.807, 2.05) is 36.4 Å². The molecule has 0 radical (unpaired) electrons. The number of ether oxygens (including phenoxy) is 1. The summed E-state index contributed by atoms with van der Waals surface area (Å²) < 4.78 is 6.92. The van der Waals surface area contributed by atoms with Gasteiger partial charge in [0.1, 0.15) is 5.75 Å². The zero-order valence-corrected chi connectivity index (χ0v) is 18.7. The lowest BCUT2D eigenvalue weighted by molar-refractivity contribution is -0.870. The van der Waals surface area contributed by atoms with Crippen molar-refractivity contribution in [2.24, 2.45) is 10.2 Å². The number of rotatable bonds is 13. The SMILES string of the molecule is CCc1ccc(N=Nc2ccc(OCCCCCCCC[N+](C)(C)C)cc2)cc1. The summed E-state index contributed by atoms with van der Waals surface area (Å²) in [5.41, 5.74) is 3.02. The molecule has 4 nitrogen and oxygen atoms in total. The molecule has 0 spiro atoms. The summed E-state index contributed by atoms with van der Waals surface area (Å²) in [5.74, 6) is 0.902. The molecule has 0 aliphatic carbocycles. The van der Waals surface area contributed by atoms with Crippen LogP contribution in [0.5, 0.6) is 5.75 Å². The molecule has 0 atom stereocenters. The average molecular weight is 397 g/mol. The third-order valence-corrected chi connectivity index (χ3v) is 4.95. The molecule has 0 unspecified atom stereocenters. The molecular weight excluding hydrogens is 358 g/mol. The Morgan fingerprint density at radius 2 is 1.21 bits per heavy atom. The van der Waals surface area contributed by atoms with E-state index in [0.29, 0.717) is 0 Å². The standard InChI is InChI=1S/C25H38N3O/c1-5-22-12-14-23(15-13-22)26-27-24-16-18-25(19-17-24)29-21-11-9-7-6-8-10-20-28(2,3)4/h12-19H,5-11,20-21H2,1-4H3/q+1. The number of unbranched alkanes of at least 4 members (excludes halogenated alkanes) is 5. The minimum atomic E-state index is 0.781. The monoisotopic (exact) mass is 396 g/mol. The van der Waals surface area contributed by atoms with Crippen molar-refractivity contribution in [3.8, 4) is 5.75 Å². The number of benzene rings is 2. The topological polar surface area (TPSA) is 34.0 Å². The Kier molecular flexibility index (Phi) is 9.85. The molecule has 0 amide bonds. The van der Waals surface area contributed by atoms with Crippen LogP contribution >= 0.6 is 0 Å². The van der Waals surface area contributed by atoms with E-state index >= 15 is 0 Å². The van der Waals surface area contributed by atoms with E-state index < -0.39 is 0 Å². The third kappa shape index (κ3) is 10.2. The van der Waals surface area contributed by atoms with Gasteiger partial charge in [0, 0.05) is 0 Å². The lowest BCUT2D eigenvalue weighted by Gasteiger charge is -2.23. The molecule has 2 aromatic rings. The molecule has 0 aliphatic rings. The first-order valence-corrected chi connectivity index (χ1v) is 11.0. The zero-order chi connectivity index (χ0) is 21.0. The molecule has 0 saturated carbocycles. The van der Waals surface area contributed by atoms with Gasteiger partial charge >= 0.3 is 0 Å². The van der Waals surface area contributed by atoms with Crippen molar-refractivity contribution < 1.29 is 9.22 Å². The Balaban J connectivity index is 1.59. The van der Waals surface area contributed by atoms with Gasteiger partial charge in [-0.15, -0.1) is 0 Å². The largest absolute Gasteiger partial charge is 0.494 e. The number of hydrogen-bond acceptors (Lipinski definition) is 3. The van der Waals surface area contributed by atoms with E-state index in [0.717, 1.165) is 41.1 Å². The summed E-state index contributed by atoms with van der Waals surface area (Å²) in [5, 5.41) is 8.60. The average Bonchev–Trinajstić information content (AvgIpc) is 2.71. The molecule has 2 rings (SSSR count). The highest BCUT2D eigenvalue weighted by Crippen LogP contribution is 2.22. The summed E-state index contributed by atoms with van der Waals surface area (Å²) in [6, 6.07) is 16.0. The van der Waals surface area contributed by atoms with Gasteiger partial charge in [-0.1, -0.05) is 38.3 Å². The van der Waals surface area contributed by atoms with Gasteiger partial charge in [-0.25, -0.2) is 0 Å². The fourth-order valence-corrected chi connectivity index (χ4v) is 3.11. The number of hydrogen-bond donors (Lipinski definition) is 0. The molecule has 0 N–H and O–H groups in total. The Morgan fingerprint density at radius 1 is 0.690 bits per heavy atom. The van der Waals surface area contributed by atoms with Crippen molar-refractivity contribution in [3.63, 3.8) is 0 Å². The van der Waals surface area contributed by atoms with Crippen molar-refractivity contribution in [1.29, 1.82) is 0 Å². The van der Waals surface area contributed by atoms with E-state index in [1.54, 1.807) is 0 Å². The molecule has 0 aliphatic heterocycles. The Morgan fingerprint density at radius 3 is 1.76 bits per heavy atom. The number of nitrogens with zero attached hydrogens (tertiary/aromatic N) is 3.